The summed E-state index contributed by atoms with van der Waals surface area (Å²) >= 11 is 6.39. The lowest BCUT2D eigenvalue weighted by Gasteiger charge is -2.13. The van der Waals surface area contributed by atoms with Crippen LogP contribution < -0.4 is 11.2 Å². The molecule has 1 unspecified atom stereocenters. The van der Waals surface area contributed by atoms with Crippen molar-refractivity contribution in [2.75, 3.05) is 0 Å². The number of fused-ring (bicyclic) bond motifs is 1. The third-order valence-corrected chi connectivity index (χ3v) is 6.24. The maximum absolute atomic E-state index is 13.0. The zero-order valence-electron chi connectivity index (χ0n) is 15.6. The van der Waals surface area contributed by atoms with Gasteiger partial charge in [-0.05, 0) is 42.8 Å². The van der Waals surface area contributed by atoms with Gasteiger partial charge in [0.1, 0.15) is 4.90 Å². The molecule has 0 N–H and O–H groups in total. The molecule has 4 rings (SSSR count). The molecule has 0 saturated heterocycles. The summed E-state index contributed by atoms with van der Waals surface area (Å²) in [4.78, 5) is 25.9. The van der Waals surface area contributed by atoms with Crippen LogP contribution in [-0.4, -0.2) is 13.3 Å². The van der Waals surface area contributed by atoms with Crippen molar-refractivity contribution < 1.29 is 4.21 Å². The van der Waals surface area contributed by atoms with Gasteiger partial charge in [-0.15, -0.1) is 0 Å². The van der Waals surface area contributed by atoms with Crippen molar-refractivity contribution in [3.05, 3.63) is 96.6 Å². The van der Waals surface area contributed by atoms with Crippen LogP contribution in [0.15, 0.2) is 68.4 Å². The number of hydrogen-bond donors (Lipinski definition) is 0. The highest BCUT2D eigenvalue weighted by atomic mass is 35.5. The molecule has 2 aromatic carbocycles. The monoisotopic (exact) mass is 422 g/mol. The second-order valence-corrected chi connectivity index (χ2v) is 8.19. The van der Waals surface area contributed by atoms with Gasteiger partial charge in [-0.25, -0.2) is 13.6 Å². The lowest BCUT2D eigenvalue weighted by Crippen LogP contribution is -2.40. The predicted octanol–water partition coefficient (Wildman–Crippen LogP) is 3.07. The van der Waals surface area contributed by atoms with Crippen molar-refractivity contribution in [1.82, 2.24) is 9.13 Å². The van der Waals surface area contributed by atoms with Crippen molar-refractivity contribution in [1.29, 1.82) is 0 Å². The lowest BCUT2D eigenvalue weighted by molar-refractivity contribution is 0.673. The molecule has 0 fully saturated rings. The van der Waals surface area contributed by atoms with Crippen LogP contribution in [0.25, 0.3) is 11.3 Å². The SMILES string of the molecule is CC1=CS(=O)c2c1n(C)c(=O)n(-c1ccc(C#Cc3ccccc3)cc1Cl)c2=O. The second kappa shape index (κ2) is 7.36. The summed E-state index contributed by atoms with van der Waals surface area (Å²) in [6, 6.07) is 14.4. The Morgan fingerprint density at radius 2 is 1.69 bits per heavy atom. The van der Waals surface area contributed by atoms with Crippen LogP contribution in [0.4, 0.5) is 0 Å². The fraction of sp³-hybridized carbons (Fsp3) is 0.0909. The van der Waals surface area contributed by atoms with Gasteiger partial charge in [-0.2, -0.15) is 0 Å². The Morgan fingerprint density at radius 3 is 2.38 bits per heavy atom. The van der Waals surface area contributed by atoms with E-state index in [1.54, 1.807) is 32.2 Å². The van der Waals surface area contributed by atoms with E-state index in [2.05, 4.69) is 11.8 Å². The fourth-order valence-corrected chi connectivity index (χ4v) is 4.80. The first-order valence-electron chi connectivity index (χ1n) is 8.71. The standard InChI is InChI=1S/C22H15ClN2O3S/c1-14-13-29(28)20-19(14)24(2)22(27)25(21(20)26)18-11-10-16(12-17(18)23)9-8-15-6-4-3-5-7-15/h3-7,10-13H,1-2H3. The van der Waals surface area contributed by atoms with Crippen LogP contribution in [0, 0.1) is 11.8 Å². The lowest BCUT2D eigenvalue weighted by atomic mass is 10.1. The van der Waals surface area contributed by atoms with E-state index in [-0.39, 0.29) is 15.6 Å². The van der Waals surface area contributed by atoms with E-state index in [9.17, 15) is 13.8 Å². The minimum atomic E-state index is -1.60. The molecule has 3 aromatic rings. The molecule has 2 heterocycles. The summed E-state index contributed by atoms with van der Waals surface area (Å²) in [5.41, 5.74) is 1.60. The molecule has 0 aliphatic carbocycles. The van der Waals surface area contributed by atoms with Crippen LogP contribution in [0.1, 0.15) is 23.7 Å². The van der Waals surface area contributed by atoms with E-state index in [0.717, 1.165) is 10.1 Å². The Labute approximate surface area is 174 Å². The van der Waals surface area contributed by atoms with E-state index in [1.807, 2.05) is 30.3 Å². The van der Waals surface area contributed by atoms with Crippen LogP contribution >= 0.6 is 11.6 Å². The molecule has 1 aliphatic heterocycles. The maximum atomic E-state index is 13.0. The van der Waals surface area contributed by atoms with Gasteiger partial charge in [0.05, 0.1) is 27.2 Å². The average molecular weight is 423 g/mol. The van der Waals surface area contributed by atoms with E-state index in [4.69, 9.17) is 11.6 Å². The molecule has 0 bridgehead atoms. The quantitative estimate of drug-likeness (QED) is 0.566. The van der Waals surface area contributed by atoms with E-state index < -0.39 is 22.0 Å². The van der Waals surface area contributed by atoms with Crippen molar-refractivity contribution >= 4 is 28.0 Å². The third kappa shape index (κ3) is 3.29. The third-order valence-electron chi connectivity index (χ3n) is 4.60. The first-order chi connectivity index (χ1) is 13.9. The number of halogens is 1. The molecule has 0 saturated carbocycles. The minimum Gasteiger partial charge on any atom is -0.295 e. The summed E-state index contributed by atoms with van der Waals surface area (Å²) in [7, 11) is -0.0516. The van der Waals surface area contributed by atoms with E-state index in [1.165, 1.54) is 9.98 Å². The van der Waals surface area contributed by atoms with Gasteiger partial charge in [0.2, 0.25) is 0 Å². The highest BCUT2D eigenvalue weighted by Crippen LogP contribution is 2.27. The largest absolute Gasteiger partial charge is 0.335 e. The van der Waals surface area contributed by atoms with Crippen molar-refractivity contribution in [2.45, 2.75) is 11.8 Å². The zero-order valence-corrected chi connectivity index (χ0v) is 17.2. The van der Waals surface area contributed by atoms with Gasteiger partial charge >= 0.3 is 5.69 Å². The number of rotatable bonds is 1. The van der Waals surface area contributed by atoms with Crippen LogP contribution in [-0.2, 0) is 17.8 Å². The second-order valence-electron chi connectivity index (χ2n) is 6.54. The molecule has 0 amide bonds. The van der Waals surface area contributed by atoms with E-state index >= 15 is 0 Å². The van der Waals surface area contributed by atoms with Gasteiger partial charge in [-0.3, -0.25) is 9.36 Å². The van der Waals surface area contributed by atoms with Gasteiger partial charge < -0.3 is 0 Å². The van der Waals surface area contributed by atoms with Crippen molar-refractivity contribution in [3.8, 4) is 17.5 Å². The number of benzene rings is 2. The summed E-state index contributed by atoms with van der Waals surface area (Å²) < 4.78 is 14.6. The molecule has 0 radical (unpaired) electrons. The van der Waals surface area contributed by atoms with Crippen LogP contribution in [0.5, 0.6) is 0 Å². The normalized spacial score (nSPS) is 14.7. The summed E-state index contributed by atoms with van der Waals surface area (Å²) in [5, 5.41) is 1.68. The van der Waals surface area contributed by atoms with Crippen LogP contribution in [0.3, 0.4) is 0 Å². The van der Waals surface area contributed by atoms with E-state index in [0.29, 0.717) is 16.8 Å². The Morgan fingerprint density at radius 1 is 1.00 bits per heavy atom. The molecule has 7 heteroatoms. The number of hydrogen-bond acceptors (Lipinski definition) is 3. The molecule has 1 atom stereocenters. The summed E-state index contributed by atoms with van der Waals surface area (Å²) in [5.74, 6) is 6.05. The topological polar surface area (TPSA) is 61.1 Å². The Hall–Kier alpha value is -3.14. The highest BCUT2D eigenvalue weighted by molar-refractivity contribution is 7.88. The Bertz CT molecular complexity index is 1390. The summed E-state index contributed by atoms with van der Waals surface area (Å²) in [6.07, 6.45) is 0. The fourth-order valence-electron chi connectivity index (χ4n) is 3.23. The van der Waals surface area contributed by atoms with Gasteiger partial charge in [0.25, 0.3) is 5.56 Å². The zero-order chi connectivity index (χ0) is 20.7. The first kappa shape index (κ1) is 19.2. The smallest absolute Gasteiger partial charge is 0.295 e. The van der Waals surface area contributed by atoms with Gasteiger partial charge in [0, 0.05) is 23.6 Å². The first-order valence-corrected chi connectivity index (χ1v) is 10.3. The number of nitrogens with zero attached hydrogens (tertiary/aromatic N) is 2. The Kier molecular flexibility index (Phi) is 4.87. The van der Waals surface area contributed by atoms with Crippen LogP contribution in [0.2, 0.25) is 5.02 Å². The molecule has 1 aromatic heterocycles. The molecule has 29 heavy (non-hydrogen) atoms. The van der Waals surface area contributed by atoms with Crippen molar-refractivity contribution in [3.63, 3.8) is 0 Å². The maximum Gasteiger partial charge on any atom is 0.335 e. The average Bonchev–Trinajstić information content (AvgIpc) is 3.01. The van der Waals surface area contributed by atoms with Gasteiger partial charge in [0.15, 0.2) is 0 Å². The van der Waals surface area contributed by atoms with Crippen molar-refractivity contribution in [2.24, 2.45) is 7.05 Å². The molecule has 5 nitrogen and oxygen atoms in total. The molecule has 1 aliphatic rings. The predicted molar refractivity (Wildman–Crippen MR) is 115 cm³/mol. The van der Waals surface area contributed by atoms with Gasteiger partial charge in [-0.1, -0.05) is 41.6 Å². The summed E-state index contributed by atoms with van der Waals surface area (Å²) in [6.45, 7) is 1.72. The molecular formula is C22H15ClN2O3S. The minimum absolute atomic E-state index is 0.0913. The number of allylic oxidation sites excluding steroid dienone is 1. The Balaban J connectivity index is 1.84. The number of aromatic nitrogens is 2. The highest BCUT2D eigenvalue weighted by Gasteiger charge is 2.28. The molecule has 0 spiro atoms. The molecular weight excluding hydrogens is 408 g/mol. The molecule has 144 valence electrons.